The minimum Gasteiger partial charge on any atom is -0.316 e. The van der Waals surface area contributed by atoms with Crippen LogP contribution in [0.2, 0.25) is 0 Å². The lowest BCUT2D eigenvalue weighted by Gasteiger charge is -2.10. The van der Waals surface area contributed by atoms with E-state index in [2.05, 4.69) is 30.4 Å². The van der Waals surface area contributed by atoms with Crippen LogP contribution in [-0.2, 0) is 0 Å². The van der Waals surface area contributed by atoms with Gasteiger partial charge < -0.3 is 5.32 Å². The van der Waals surface area contributed by atoms with Crippen LogP contribution in [0.1, 0.15) is 41.4 Å². The predicted molar refractivity (Wildman–Crippen MR) is 65.7 cm³/mol. The molecule has 1 heterocycles. The molecule has 84 valence electrons. The normalized spacial score (nSPS) is 36.2. The van der Waals surface area contributed by atoms with E-state index in [1.165, 1.54) is 25.9 Å². The lowest BCUT2D eigenvalue weighted by molar-refractivity contribution is 0.682. The maximum atomic E-state index is 3.48. The van der Waals surface area contributed by atoms with E-state index in [1.54, 1.807) is 16.7 Å². The van der Waals surface area contributed by atoms with Gasteiger partial charge in [0.25, 0.3) is 0 Å². The first-order chi connectivity index (χ1) is 7.84. The van der Waals surface area contributed by atoms with Crippen molar-refractivity contribution in [2.45, 2.75) is 31.6 Å². The van der Waals surface area contributed by atoms with Crippen LogP contribution < -0.4 is 5.32 Å². The Morgan fingerprint density at radius 3 is 2.50 bits per heavy atom. The standard InChI is InChI=1S/C15H19N/c1-9-6-11(10-2-3-10)4-5-12(9)15-13-7-16-8-14(13)15/h4-6,10,13-16H,2-3,7-8H2,1H3/t13-,14+,15-. The molecule has 3 aliphatic rings. The number of hydrogen-bond donors (Lipinski definition) is 1. The quantitative estimate of drug-likeness (QED) is 0.796. The molecular weight excluding hydrogens is 194 g/mol. The van der Waals surface area contributed by atoms with Crippen LogP contribution in [0.4, 0.5) is 0 Å². The van der Waals surface area contributed by atoms with Gasteiger partial charge in [-0.05, 0) is 73.2 Å². The van der Waals surface area contributed by atoms with Crippen molar-refractivity contribution in [3.05, 3.63) is 34.9 Å². The summed E-state index contributed by atoms with van der Waals surface area (Å²) in [6.07, 6.45) is 2.83. The average molecular weight is 213 g/mol. The van der Waals surface area contributed by atoms with Crippen molar-refractivity contribution in [3.8, 4) is 0 Å². The molecule has 0 aromatic heterocycles. The van der Waals surface area contributed by atoms with Crippen molar-refractivity contribution in [3.63, 3.8) is 0 Å². The smallest absolute Gasteiger partial charge is 0.00111 e. The SMILES string of the molecule is Cc1cc(C2CC2)ccc1[C@@H]1[C@@H]2CNC[C@@H]21. The predicted octanol–water partition coefficient (Wildman–Crippen LogP) is 2.81. The van der Waals surface area contributed by atoms with Crippen LogP contribution in [0.15, 0.2) is 18.2 Å². The average Bonchev–Trinajstić information content (AvgIpc) is 3.18. The van der Waals surface area contributed by atoms with Crippen LogP contribution in [0, 0.1) is 18.8 Å². The minimum atomic E-state index is 0.884. The van der Waals surface area contributed by atoms with Crippen molar-refractivity contribution in [1.29, 1.82) is 0 Å². The van der Waals surface area contributed by atoms with Gasteiger partial charge in [0.05, 0.1) is 0 Å². The van der Waals surface area contributed by atoms with Crippen LogP contribution in [-0.4, -0.2) is 13.1 Å². The van der Waals surface area contributed by atoms with E-state index in [-0.39, 0.29) is 0 Å². The Hall–Kier alpha value is -0.820. The Bertz CT molecular complexity index is 423. The number of piperidine rings is 1. The van der Waals surface area contributed by atoms with E-state index in [0.29, 0.717) is 0 Å². The number of fused-ring (bicyclic) bond motifs is 1. The molecule has 1 heteroatoms. The minimum absolute atomic E-state index is 0.884. The number of benzene rings is 1. The van der Waals surface area contributed by atoms with Crippen LogP contribution in [0.3, 0.4) is 0 Å². The Morgan fingerprint density at radius 2 is 1.88 bits per heavy atom. The van der Waals surface area contributed by atoms with Gasteiger partial charge in [0, 0.05) is 0 Å². The molecule has 2 saturated carbocycles. The highest BCUT2D eigenvalue weighted by molar-refractivity contribution is 5.41. The summed E-state index contributed by atoms with van der Waals surface area (Å²) in [5.74, 6) is 3.68. The molecule has 1 saturated heterocycles. The van der Waals surface area contributed by atoms with E-state index >= 15 is 0 Å². The molecular formula is C15H19N. The highest BCUT2D eigenvalue weighted by atomic mass is 15.0. The molecule has 1 aromatic carbocycles. The second-order valence-corrected chi connectivity index (χ2v) is 5.90. The molecule has 0 radical (unpaired) electrons. The third-order valence-corrected chi connectivity index (χ3v) is 4.79. The Morgan fingerprint density at radius 1 is 1.12 bits per heavy atom. The Labute approximate surface area is 97.2 Å². The zero-order valence-corrected chi connectivity index (χ0v) is 9.87. The first-order valence-electron chi connectivity index (χ1n) is 6.66. The molecule has 0 spiro atoms. The van der Waals surface area contributed by atoms with Gasteiger partial charge in [-0.15, -0.1) is 0 Å². The van der Waals surface area contributed by atoms with E-state index in [1.807, 2.05) is 0 Å². The maximum Gasteiger partial charge on any atom is -0.00111 e. The summed E-state index contributed by atoms with van der Waals surface area (Å²) in [4.78, 5) is 0. The second kappa shape index (κ2) is 3.10. The summed E-state index contributed by atoms with van der Waals surface area (Å²) in [6, 6.07) is 7.27. The molecule has 0 unspecified atom stereocenters. The van der Waals surface area contributed by atoms with Crippen molar-refractivity contribution in [2.75, 3.05) is 13.1 Å². The first kappa shape index (κ1) is 9.23. The van der Waals surface area contributed by atoms with Crippen molar-refractivity contribution in [1.82, 2.24) is 5.32 Å². The van der Waals surface area contributed by atoms with Gasteiger partial charge in [0.2, 0.25) is 0 Å². The molecule has 2 aliphatic carbocycles. The Kier molecular flexibility index (Phi) is 1.79. The van der Waals surface area contributed by atoms with E-state index in [9.17, 15) is 0 Å². The van der Waals surface area contributed by atoms with E-state index in [4.69, 9.17) is 0 Å². The lowest BCUT2D eigenvalue weighted by atomic mass is 9.97. The largest absolute Gasteiger partial charge is 0.316 e. The number of aryl methyl sites for hydroxylation is 1. The summed E-state index contributed by atoms with van der Waals surface area (Å²) in [5.41, 5.74) is 4.77. The highest BCUT2D eigenvalue weighted by Crippen LogP contribution is 2.56. The fourth-order valence-electron chi connectivity index (χ4n) is 3.62. The zero-order valence-electron chi connectivity index (χ0n) is 9.87. The van der Waals surface area contributed by atoms with Gasteiger partial charge >= 0.3 is 0 Å². The molecule has 0 amide bonds. The van der Waals surface area contributed by atoms with E-state index < -0.39 is 0 Å². The fraction of sp³-hybridized carbons (Fsp3) is 0.600. The summed E-state index contributed by atoms with van der Waals surface area (Å²) < 4.78 is 0. The molecule has 0 bridgehead atoms. The summed E-state index contributed by atoms with van der Waals surface area (Å²) >= 11 is 0. The lowest BCUT2D eigenvalue weighted by Crippen LogP contribution is -2.14. The van der Waals surface area contributed by atoms with Gasteiger partial charge in [-0.25, -0.2) is 0 Å². The van der Waals surface area contributed by atoms with Crippen molar-refractivity contribution in [2.24, 2.45) is 11.8 Å². The molecule has 1 nitrogen and oxygen atoms in total. The molecule has 1 N–H and O–H groups in total. The van der Waals surface area contributed by atoms with Gasteiger partial charge in [0.15, 0.2) is 0 Å². The summed E-state index contributed by atoms with van der Waals surface area (Å²) in [6.45, 7) is 4.81. The third-order valence-electron chi connectivity index (χ3n) is 4.79. The van der Waals surface area contributed by atoms with Gasteiger partial charge in [-0.3, -0.25) is 0 Å². The van der Waals surface area contributed by atoms with Crippen LogP contribution >= 0.6 is 0 Å². The van der Waals surface area contributed by atoms with Crippen LogP contribution in [0.25, 0.3) is 0 Å². The summed E-state index contributed by atoms with van der Waals surface area (Å²) in [5, 5.41) is 3.48. The zero-order chi connectivity index (χ0) is 10.7. The van der Waals surface area contributed by atoms with Gasteiger partial charge in [-0.2, -0.15) is 0 Å². The molecule has 16 heavy (non-hydrogen) atoms. The highest BCUT2D eigenvalue weighted by Gasteiger charge is 2.53. The maximum absolute atomic E-state index is 3.48. The molecule has 4 rings (SSSR count). The molecule has 1 aromatic rings. The number of rotatable bonds is 2. The van der Waals surface area contributed by atoms with Crippen molar-refractivity contribution >= 4 is 0 Å². The van der Waals surface area contributed by atoms with E-state index in [0.717, 1.165) is 23.7 Å². The monoisotopic (exact) mass is 213 g/mol. The first-order valence-corrected chi connectivity index (χ1v) is 6.66. The van der Waals surface area contributed by atoms with Gasteiger partial charge in [0.1, 0.15) is 0 Å². The van der Waals surface area contributed by atoms with Crippen LogP contribution in [0.5, 0.6) is 0 Å². The number of nitrogens with one attached hydrogen (secondary N) is 1. The molecule has 3 fully saturated rings. The number of hydrogen-bond acceptors (Lipinski definition) is 1. The summed E-state index contributed by atoms with van der Waals surface area (Å²) in [7, 11) is 0. The van der Waals surface area contributed by atoms with Crippen molar-refractivity contribution < 1.29 is 0 Å². The van der Waals surface area contributed by atoms with Gasteiger partial charge in [-0.1, -0.05) is 18.2 Å². The molecule has 1 aliphatic heterocycles. The fourth-order valence-corrected chi connectivity index (χ4v) is 3.62. The molecule has 3 atom stereocenters. The second-order valence-electron chi connectivity index (χ2n) is 5.90. The Balaban J connectivity index is 1.63. The third kappa shape index (κ3) is 1.27. The topological polar surface area (TPSA) is 12.0 Å².